The lowest BCUT2D eigenvalue weighted by Gasteiger charge is -2.17. The van der Waals surface area contributed by atoms with Gasteiger partial charge in [-0.25, -0.2) is 9.48 Å². The van der Waals surface area contributed by atoms with Gasteiger partial charge in [0.1, 0.15) is 0 Å². The van der Waals surface area contributed by atoms with Crippen molar-refractivity contribution in [2.45, 2.75) is 27.7 Å². The molecule has 0 aliphatic carbocycles. The number of ether oxygens (including phenoxy) is 1. The number of carbonyl (C=O) groups excluding carboxylic acids is 3. The Morgan fingerprint density at radius 1 is 0.935 bits per heavy atom. The first-order valence-electron chi connectivity index (χ1n) is 9.88. The highest BCUT2D eigenvalue weighted by atomic mass is 16.5. The Balaban J connectivity index is 1.56. The van der Waals surface area contributed by atoms with Crippen molar-refractivity contribution in [2.24, 2.45) is 5.41 Å². The topological polar surface area (TPSA) is 90.3 Å². The van der Waals surface area contributed by atoms with E-state index in [-0.39, 0.29) is 18.3 Å². The van der Waals surface area contributed by atoms with Gasteiger partial charge in [-0.15, -0.1) is 0 Å². The standard InChI is InChI=1S/C24H25N3O4/c1-16-13-14-25-27(16)20-11-7-18(8-12-20)22(29)31-15-21(28)17-5-9-19(10-6-17)26-23(30)24(2,3)4/h5-14H,15H2,1-4H3,(H,26,30). The normalized spacial score (nSPS) is 11.1. The first-order chi connectivity index (χ1) is 14.6. The van der Waals surface area contributed by atoms with Crippen LogP contribution in [-0.4, -0.2) is 34.0 Å². The third kappa shape index (κ3) is 5.45. The number of ketones is 1. The lowest BCUT2D eigenvalue weighted by atomic mass is 9.95. The zero-order valence-electron chi connectivity index (χ0n) is 18.0. The van der Waals surface area contributed by atoms with E-state index in [1.807, 2.05) is 33.8 Å². The Kier molecular flexibility index (Phi) is 6.34. The average molecular weight is 419 g/mol. The predicted octanol–water partition coefficient (Wildman–Crippen LogP) is 4.21. The van der Waals surface area contributed by atoms with Crippen molar-refractivity contribution in [1.29, 1.82) is 0 Å². The van der Waals surface area contributed by atoms with E-state index in [1.165, 1.54) is 0 Å². The number of hydrogen-bond donors (Lipinski definition) is 1. The number of anilines is 1. The molecule has 1 aromatic heterocycles. The molecule has 0 bridgehead atoms. The molecular weight excluding hydrogens is 394 g/mol. The van der Waals surface area contributed by atoms with Gasteiger partial charge in [-0.3, -0.25) is 9.59 Å². The lowest BCUT2D eigenvalue weighted by Crippen LogP contribution is -2.27. The van der Waals surface area contributed by atoms with Crippen LogP contribution in [0.1, 0.15) is 47.2 Å². The first kappa shape index (κ1) is 22.0. The fourth-order valence-corrected chi connectivity index (χ4v) is 2.73. The van der Waals surface area contributed by atoms with Gasteiger partial charge in [-0.05, 0) is 61.5 Å². The van der Waals surface area contributed by atoms with Gasteiger partial charge in [0.25, 0.3) is 0 Å². The summed E-state index contributed by atoms with van der Waals surface area (Å²) in [6, 6.07) is 15.2. The molecule has 0 aliphatic heterocycles. The molecule has 0 spiro atoms. The molecule has 1 amide bonds. The van der Waals surface area contributed by atoms with E-state index in [4.69, 9.17) is 4.74 Å². The van der Waals surface area contributed by atoms with E-state index in [1.54, 1.807) is 59.4 Å². The molecule has 0 fully saturated rings. The molecule has 160 valence electrons. The van der Waals surface area contributed by atoms with Crippen molar-refractivity contribution >= 4 is 23.3 Å². The van der Waals surface area contributed by atoms with Gasteiger partial charge in [0.05, 0.1) is 11.3 Å². The van der Waals surface area contributed by atoms with E-state index in [9.17, 15) is 14.4 Å². The van der Waals surface area contributed by atoms with Crippen LogP contribution in [0.15, 0.2) is 60.8 Å². The van der Waals surface area contributed by atoms with E-state index in [0.29, 0.717) is 16.8 Å². The summed E-state index contributed by atoms with van der Waals surface area (Å²) in [4.78, 5) is 36.6. The number of rotatable bonds is 6. The predicted molar refractivity (Wildman–Crippen MR) is 117 cm³/mol. The van der Waals surface area contributed by atoms with E-state index in [0.717, 1.165) is 11.4 Å². The van der Waals surface area contributed by atoms with Crippen LogP contribution in [0, 0.1) is 12.3 Å². The number of amides is 1. The molecule has 7 nitrogen and oxygen atoms in total. The third-order valence-electron chi connectivity index (χ3n) is 4.66. The number of esters is 1. The Labute approximate surface area is 181 Å². The van der Waals surface area contributed by atoms with Crippen molar-refractivity contribution in [2.75, 3.05) is 11.9 Å². The smallest absolute Gasteiger partial charge is 0.338 e. The molecule has 1 N–H and O–H groups in total. The number of nitrogens with one attached hydrogen (secondary N) is 1. The van der Waals surface area contributed by atoms with Crippen LogP contribution in [0.2, 0.25) is 0 Å². The first-order valence-corrected chi connectivity index (χ1v) is 9.88. The molecule has 0 atom stereocenters. The summed E-state index contributed by atoms with van der Waals surface area (Å²) in [6.45, 7) is 7.03. The van der Waals surface area contributed by atoms with Crippen molar-refractivity contribution < 1.29 is 19.1 Å². The second-order valence-corrected chi connectivity index (χ2v) is 8.21. The minimum Gasteiger partial charge on any atom is -0.454 e. The molecule has 7 heteroatoms. The molecule has 0 saturated heterocycles. The Morgan fingerprint density at radius 3 is 2.10 bits per heavy atom. The average Bonchev–Trinajstić information content (AvgIpc) is 3.17. The van der Waals surface area contributed by atoms with Crippen LogP contribution in [0.5, 0.6) is 0 Å². The summed E-state index contributed by atoms with van der Waals surface area (Å²) < 4.78 is 6.91. The molecule has 3 rings (SSSR count). The van der Waals surface area contributed by atoms with Crippen molar-refractivity contribution in [3.05, 3.63) is 77.6 Å². The Hall–Kier alpha value is -3.74. The highest BCUT2D eigenvalue weighted by Crippen LogP contribution is 2.18. The summed E-state index contributed by atoms with van der Waals surface area (Å²) in [5.41, 5.74) is 2.63. The summed E-state index contributed by atoms with van der Waals surface area (Å²) in [5, 5.41) is 7.02. The Morgan fingerprint density at radius 2 is 1.55 bits per heavy atom. The second-order valence-electron chi connectivity index (χ2n) is 8.21. The molecule has 3 aromatic rings. The Bertz CT molecular complexity index is 1090. The lowest BCUT2D eigenvalue weighted by molar-refractivity contribution is -0.123. The van der Waals surface area contributed by atoms with Crippen LogP contribution in [0.4, 0.5) is 5.69 Å². The number of Topliss-reactive ketones (excluding diaryl/α,β-unsaturated/α-hetero) is 1. The molecule has 0 saturated carbocycles. The van der Waals surface area contributed by atoms with Crippen molar-refractivity contribution in [1.82, 2.24) is 9.78 Å². The fraction of sp³-hybridized carbons (Fsp3) is 0.250. The summed E-state index contributed by atoms with van der Waals surface area (Å²) in [7, 11) is 0. The van der Waals surface area contributed by atoms with Crippen LogP contribution in [0.25, 0.3) is 5.69 Å². The van der Waals surface area contributed by atoms with Gasteiger partial charge >= 0.3 is 5.97 Å². The molecule has 2 aromatic carbocycles. The van der Waals surface area contributed by atoms with E-state index >= 15 is 0 Å². The molecule has 31 heavy (non-hydrogen) atoms. The third-order valence-corrected chi connectivity index (χ3v) is 4.66. The maximum Gasteiger partial charge on any atom is 0.338 e. The number of aromatic nitrogens is 2. The van der Waals surface area contributed by atoms with Gasteiger partial charge in [0.2, 0.25) is 5.91 Å². The van der Waals surface area contributed by atoms with Crippen LogP contribution in [0.3, 0.4) is 0 Å². The maximum absolute atomic E-state index is 12.3. The van der Waals surface area contributed by atoms with E-state index in [2.05, 4.69) is 10.4 Å². The van der Waals surface area contributed by atoms with Crippen LogP contribution < -0.4 is 5.32 Å². The highest BCUT2D eigenvalue weighted by molar-refractivity contribution is 6.00. The number of nitrogens with zero attached hydrogens (tertiary/aromatic N) is 2. The largest absolute Gasteiger partial charge is 0.454 e. The maximum atomic E-state index is 12.3. The monoisotopic (exact) mass is 419 g/mol. The molecule has 0 aliphatic rings. The fourth-order valence-electron chi connectivity index (χ4n) is 2.73. The number of carbonyl (C=O) groups is 3. The van der Waals surface area contributed by atoms with Gasteiger partial charge < -0.3 is 10.1 Å². The summed E-state index contributed by atoms with van der Waals surface area (Å²) in [6.07, 6.45) is 1.70. The van der Waals surface area contributed by atoms with Crippen LogP contribution in [-0.2, 0) is 9.53 Å². The number of benzene rings is 2. The minimum atomic E-state index is -0.578. The molecule has 1 heterocycles. The van der Waals surface area contributed by atoms with Crippen molar-refractivity contribution in [3.63, 3.8) is 0 Å². The number of aryl methyl sites for hydroxylation is 1. The SMILES string of the molecule is Cc1ccnn1-c1ccc(C(=O)OCC(=O)c2ccc(NC(=O)C(C)(C)C)cc2)cc1. The molecule has 0 unspecified atom stereocenters. The summed E-state index contributed by atoms with van der Waals surface area (Å²) in [5.74, 6) is -1.02. The summed E-state index contributed by atoms with van der Waals surface area (Å²) >= 11 is 0. The van der Waals surface area contributed by atoms with Crippen LogP contribution >= 0.6 is 0 Å². The van der Waals surface area contributed by atoms with Crippen molar-refractivity contribution in [3.8, 4) is 5.69 Å². The van der Waals surface area contributed by atoms with E-state index < -0.39 is 11.4 Å². The number of hydrogen-bond acceptors (Lipinski definition) is 5. The van der Waals surface area contributed by atoms with Gasteiger partial charge in [0.15, 0.2) is 12.4 Å². The molecule has 0 radical (unpaired) electrons. The minimum absolute atomic E-state index is 0.116. The zero-order chi connectivity index (χ0) is 22.6. The van der Waals surface area contributed by atoms with Gasteiger partial charge in [-0.2, -0.15) is 5.10 Å². The molecular formula is C24H25N3O4. The quantitative estimate of drug-likeness (QED) is 0.478. The van der Waals surface area contributed by atoms with Gasteiger partial charge in [0, 0.05) is 28.6 Å². The zero-order valence-corrected chi connectivity index (χ0v) is 18.0. The second kappa shape index (κ2) is 8.95. The highest BCUT2D eigenvalue weighted by Gasteiger charge is 2.21. The van der Waals surface area contributed by atoms with Gasteiger partial charge in [-0.1, -0.05) is 20.8 Å².